The summed E-state index contributed by atoms with van der Waals surface area (Å²) in [5.41, 5.74) is -0.244. The number of rotatable bonds is 2. The number of nitrogens with zero attached hydrogens (tertiary/aromatic N) is 1. The van der Waals surface area contributed by atoms with Crippen molar-refractivity contribution in [3.05, 3.63) is 0 Å². The molecule has 1 saturated heterocycles. The van der Waals surface area contributed by atoms with E-state index in [0.717, 1.165) is 6.54 Å². The van der Waals surface area contributed by atoms with Gasteiger partial charge in [0, 0.05) is 6.54 Å². The SMILES string of the molecule is CC1CCCC1CN1C(=O)C(C(C)(C)C)NC(=O)C1C. The number of carbonyl (C=O) groups is 2. The minimum Gasteiger partial charge on any atom is -0.342 e. The Balaban J connectivity index is 2.16. The fourth-order valence-corrected chi connectivity index (χ4v) is 3.40. The maximum atomic E-state index is 12.7. The highest BCUT2D eigenvalue weighted by atomic mass is 16.2. The molecule has 0 bridgehead atoms. The summed E-state index contributed by atoms with van der Waals surface area (Å²) in [5.74, 6) is 1.28. The molecule has 0 aromatic carbocycles. The molecule has 4 nitrogen and oxygen atoms in total. The van der Waals surface area contributed by atoms with Crippen molar-refractivity contribution in [1.82, 2.24) is 10.2 Å². The van der Waals surface area contributed by atoms with E-state index in [0.29, 0.717) is 11.8 Å². The summed E-state index contributed by atoms with van der Waals surface area (Å²) in [6.07, 6.45) is 3.67. The molecule has 1 saturated carbocycles. The highest BCUT2D eigenvalue weighted by Crippen LogP contribution is 2.33. The Morgan fingerprint density at radius 3 is 2.35 bits per heavy atom. The van der Waals surface area contributed by atoms with Crippen LogP contribution in [0.3, 0.4) is 0 Å². The van der Waals surface area contributed by atoms with Crippen LogP contribution in [0.1, 0.15) is 53.9 Å². The standard InChI is InChI=1S/C16H28N2O2/c1-10-7-6-8-12(10)9-18-11(2)14(19)17-13(15(18)20)16(3,4)5/h10-13H,6-9H2,1-5H3,(H,17,19). The van der Waals surface area contributed by atoms with Crippen LogP contribution >= 0.6 is 0 Å². The molecule has 4 unspecified atom stereocenters. The number of hydrogen-bond acceptors (Lipinski definition) is 2. The Labute approximate surface area is 122 Å². The first kappa shape index (κ1) is 15.3. The molecule has 20 heavy (non-hydrogen) atoms. The Bertz CT molecular complexity index is 400. The molecule has 114 valence electrons. The highest BCUT2D eigenvalue weighted by Gasteiger charge is 2.44. The number of amides is 2. The normalized spacial score (nSPS) is 35.4. The van der Waals surface area contributed by atoms with Crippen LogP contribution in [-0.4, -0.2) is 35.3 Å². The van der Waals surface area contributed by atoms with Crippen molar-refractivity contribution in [3.8, 4) is 0 Å². The number of nitrogens with one attached hydrogen (secondary N) is 1. The zero-order chi connectivity index (χ0) is 15.1. The minimum absolute atomic E-state index is 0.0184. The molecule has 2 rings (SSSR count). The first-order chi connectivity index (χ1) is 9.21. The van der Waals surface area contributed by atoms with E-state index in [4.69, 9.17) is 0 Å². The van der Waals surface area contributed by atoms with Crippen molar-refractivity contribution in [1.29, 1.82) is 0 Å². The van der Waals surface area contributed by atoms with Gasteiger partial charge in [0.05, 0.1) is 0 Å². The van der Waals surface area contributed by atoms with E-state index in [1.165, 1.54) is 19.3 Å². The Morgan fingerprint density at radius 1 is 1.20 bits per heavy atom. The fourth-order valence-electron chi connectivity index (χ4n) is 3.40. The second-order valence-corrected chi connectivity index (χ2v) is 7.64. The van der Waals surface area contributed by atoms with Crippen LogP contribution in [-0.2, 0) is 9.59 Å². The van der Waals surface area contributed by atoms with Crippen molar-refractivity contribution in [2.75, 3.05) is 6.54 Å². The molecule has 0 aromatic heterocycles. The van der Waals surface area contributed by atoms with E-state index in [2.05, 4.69) is 12.2 Å². The predicted molar refractivity (Wildman–Crippen MR) is 79.1 cm³/mol. The monoisotopic (exact) mass is 280 g/mol. The third-order valence-electron chi connectivity index (χ3n) is 5.00. The molecule has 1 aliphatic carbocycles. The lowest BCUT2D eigenvalue weighted by Gasteiger charge is -2.43. The summed E-state index contributed by atoms with van der Waals surface area (Å²) < 4.78 is 0. The zero-order valence-corrected chi connectivity index (χ0v) is 13.4. The maximum Gasteiger partial charge on any atom is 0.246 e. The van der Waals surface area contributed by atoms with Gasteiger partial charge in [0.15, 0.2) is 0 Å². The van der Waals surface area contributed by atoms with Crippen LogP contribution in [0, 0.1) is 17.3 Å². The summed E-state index contributed by atoms with van der Waals surface area (Å²) in [5, 5.41) is 2.89. The molecular weight excluding hydrogens is 252 g/mol. The largest absolute Gasteiger partial charge is 0.342 e. The van der Waals surface area contributed by atoms with Gasteiger partial charge in [0.25, 0.3) is 0 Å². The van der Waals surface area contributed by atoms with E-state index in [9.17, 15) is 9.59 Å². The molecule has 0 spiro atoms. The summed E-state index contributed by atoms with van der Waals surface area (Å²) in [6.45, 7) is 10.8. The van der Waals surface area contributed by atoms with E-state index in [1.54, 1.807) is 0 Å². The maximum absolute atomic E-state index is 12.7. The Hall–Kier alpha value is -1.06. The number of piperazine rings is 1. The summed E-state index contributed by atoms with van der Waals surface area (Å²) in [4.78, 5) is 26.7. The highest BCUT2D eigenvalue weighted by molar-refractivity contribution is 5.97. The summed E-state index contributed by atoms with van der Waals surface area (Å²) >= 11 is 0. The van der Waals surface area contributed by atoms with Gasteiger partial charge in [-0.3, -0.25) is 9.59 Å². The topological polar surface area (TPSA) is 49.4 Å². The first-order valence-electron chi connectivity index (χ1n) is 7.82. The minimum atomic E-state index is -0.400. The van der Waals surface area contributed by atoms with E-state index >= 15 is 0 Å². The second-order valence-electron chi connectivity index (χ2n) is 7.64. The lowest BCUT2D eigenvalue weighted by molar-refractivity contribution is -0.152. The van der Waals surface area contributed by atoms with Gasteiger partial charge < -0.3 is 10.2 Å². The second kappa shape index (κ2) is 5.38. The lowest BCUT2D eigenvalue weighted by Crippen LogP contribution is -2.66. The van der Waals surface area contributed by atoms with Gasteiger partial charge in [-0.25, -0.2) is 0 Å². The van der Waals surface area contributed by atoms with Gasteiger partial charge in [-0.05, 0) is 30.6 Å². The van der Waals surface area contributed by atoms with Gasteiger partial charge in [0.2, 0.25) is 11.8 Å². The average Bonchev–Trinajstić information content (AvgIpc) is 2.73. The Morgan fingerprint density at radius 2 is 1.85 bits per heavy atom. The smallest absolute Gasteiger partial charge is 0.246 e. The van der Waals surface area contributed by atoms with Crippen LogP contribution in [0.2, 0.25) is 0 Å². The van der Waals surface area contributed by atoms with Gasteiger partial charge in [-0.2, -0.15) is 0 Å². The summed E-state index contributed by atoms with van der Waals surface area (Å²) in [6, 6.07) is -0.739. The molecular formula is C16H28N2O2. The van der Waals surface area contributed by atoms with Crippen LogP contribution < -0.4 is 5.32 Å². The molecule has 1 N–H and O–H groups in total. The Kier molecular flexibility index (Phi) is 4.12. The van der Waals surface area contributed by atoms with Crippen LogP contribution in [0.5, 0.6) is 0 Å². The van der Waals surface area contributed by atoms with Gasteiger partial charge in [-0.15, -0.1) is 0 Å². The van der Waals surface area contributed by atoms with Crippen molar-refractivity contribution >= 4 is 11.8 Å². The third-order valence-corrected chi connectivity index (χ3v) is 5.00. The quantitative estimate of drug-likeness (QED) is 0.843. The molecule has 4 atom stereocenters. The van der Waals surface area contributed by atoms with E-state index < -0.39 is 6.04 Å². The van der Waals surface area contributed by atoms with Crippen molar-refractivity contribution in [2.24, 2.45) is 17.3 Å². The molecule has 1 heterocycles. The lowest BCUT2D eigenvalue weighted by atomic mass is 9.83. The van der Waals surface area contributed by atoms with Gasteiger partial charge in [0.1, 0.15) is 12.1 Å². The molecule has 2 amide bonds. The van der Waals surface area contributed by atoms with Crippen LogP contribution in [0.4, 0.5) is 0 Å². The van der Waals surface area contributed by atoms with Gasteiger partial charge >= 0.3 is 0 Å². The molecule has 2 aliphatic rings. The van der Waals surface area contributed by atoms with Crippen LogP contribution in [0.15, 0.2) is 0 Å². The molecule has 2 fully saturated rings. The first-order valence-corrected chi connectivity index (χ1v) is 7.82. The molecule has 1 aliphatic heterocycles. The molecule has 0 radical (unpaired) electrons. The number of carbonyl (C=O) groups excluding carboxylic acids is 2. The van der Waals surface area contributed by atoms with Crippen molar-refractivity contribution in [3.63, 3.8) is 0 Å². The third kappa shape index (κ3) is 2.84. The molecule has 4 heteroatoms. The zero-order valence-electron chi connectivity index (χ0n) is 13.4. The average molecular weight is 280 g/mol. The van der Waals surface area contributed by atoms with E-state index in [1.807, 2.05) is 32.6 Å². The molecule has 0 aromatic rings. The number of hydrogen-bond donors (Lipinski definition) is 1. The van der Waals surface area contributed by atoms with Crippen LogP contribution in [0.25, 0.3) is 0 Å². The van der Waals surface area contributed by atoms with Crippen molar-refractivity contribution in [2.45, 2.75) is 66.0 Å². The predicted octanol–water partition coefficient (Wildman–Crippen LogP) is 2.18. The fraction of sp³-hybridized carbons (Fsp3) is 0.875. The van der Waals surface area contributed by atoms with Crippen molar-refractivity contribution < 1.29 is 9.59 Å². The van der Waals surface area contributed by atoms with E-state index in [-0.39, 0.29) is 23.3 Å². The van der Waals surface area contributed by atoms with Gasteiger partial charge in [-0.1, -0.05) is 40.5 Å². The summed E-state index contributed by atoms with van der Waals surface area (Å²) in [7, 11) is 0.